The summed E-state index contributed by atoms with van der Waals surface area (Å²) >= 11 is 0. The van der Waals surface area contributed by atoms with Crippen LogP contribution < -0.4 is 5.73 Å². The van der Waals surface area contributed by atoms with Gasteiger partial charge in [-0.15, -0.1) is 0 Å². The number of amides is 1. The Hall–Kier alpha value is -1.31. The van der Waals surface area contributed by atoms with Crippen LogP contribution in [0.25, 0.3) is 0 Å². The van der Waals surface area contributed by atoms with Crippen molar-refractivity contribution in [1.29, 1.82) is 0 Å². The average Bonchev–Trinajstić information content (AvgIpc) is 2.14. The summed E-state index contributed by atoms with van der Waals surface area (Å²) in [5.74, 6) is -0.364. The lowest BCUT2D eigenvalue weighted by Crippen LogP contribution is -2.11. The zero-order valence-electron chi connectivity index (χ0n) is 9.71. The third kappa shape index (κ3) is 4.15. The Morgan fingerprint density at radius 1 is 1.20 bits per heavy atom. The lowest BCUT2D eigenvalue weighted by molar-refractivity contribution is 0.100. The van der Waals surface area contributed by atoms with Crippen LogP contribution in [0.3, 0.4) is 0 Å². The monoisotopic (exact) mass is 205 g/mol. The number of hydrogen-bond acceptors (Lipinski definition) is 1. The van der Waals surface area contributed by atoms with E-state index < -0.39 is 0 Å². The van der Waals surface area contributed by atoms with E-state index in [2.05, 4.69) is 20.8 Å². The van der Waals surface area contributed by atoms with Gasteiger partial charge in [0.15, 0.2) is 0 Å². The van der Waals surface area contributed by atoms with Gasteiger partial charge in [-0.3, -0.25) is 4.79 Å². The summed E-state index contributed by atoms with van der Waals surface area (Å²) in [7, 11) is 0. The molecule has 0 unspecified atom stereocenters. The van der Waals surface area contributed by atoms with Crippen LogP contribution in [0.1, 0.15) is 43.1 Å². The van der Waals surface area contributed by atoms with Crippen LogP contribution in [-0.2, 0) is 6.42 Å². The number of hydrogen-bond donors (Lipinski definition) is 1. The summed E-state index contributed by atoms with van der Waals surface area (Å²) in [6.45, 7) is 6.68. The third-order valence-electron chi connectivity index (χ3n) is 2.40. The van der Waals surface area contributed by atoms with Crippen LogP contribution in [0.2, 0.25) is 0 Å². The average molecular weight is 205 g/mol. The molecular formula is C13H19NO. The van der Waals surface area contributed by atoms with Crippen molar-refractivity contribution >= 4 is 5.91 Å². The van der Waals surface area contributed by atoms with Crippen molar-refractivity contribution in [2.24, 2.45) is 11.1 Å². The normalized spacial score (nSPS) is 11.4. The van der Waals surface area contributed by atoms with E-state index in [9.17, 15) is 4.79 Å². The molecule has 1 aromatic rings. The molecule has 0 aliphatic rings. The van der Waals surface area contributed by atoms with E-state index in [1.807, 2.05) is 12.1 Å². The van der Waals surface area contributed by atoms with Gasteiger partial charge in [-0.1, -0.05) is 32.9 Å². The van der Waals surface area contributed by atoms with Crippen molar-refractivity contribution in [1.82, 2.24) is 0 Å². The van der Waals surface area contributed by atoms with E-state index in [0.717, 1.165) is 12.8 Å². The predicted octanol–water partition coefficient (Wildman–Crippen LogP) is 2.76. The summed E-state index contributed by atoms with van der Waals surface area (Å²) < 4.78 is 0. The van der Waals surface area contributed by atoms with Gasteiger partial charge in [-0.2, -0.15) is 0 Å². The molecule has 15 heavy (non-hydrogen) atoms. The topological polar surface area (TPSA) is 43.1 Å². The molecule has 0 radical (unpaired) electrons. The molecule has 82 valence electrons. The molecule has 1 rings (SSSR count). The molecule has 1 aromatic carbocycles. The number of carbonyl (C=O) groups is 1. The predicted molar refractivity (Wildman–Crippen MR) is 62.7 cm³/mol. The van der Waals surface area contributed by atoms with E-state index in [-0.39, 0.29) is 5.91 Å². The van der Waals surface area contributed by atoms with Crippen LogP contribution in [0.4, 0.5) is 0 Å². The summed E-state index contributed by atoms with van der Waals surface area (Å²) in [4.78, 5) is 10.9. The van der Waals surface area contributed by atoms with Crippen LogP contribution in [0, 0.1) is 5.41 Å². The van der Waals surface area contributed by atoms with Gasteiger partial charge in [-0.05, 0) is 36.0 Å². The minimum absolute atomic E-state index is 0.350. The number of primary amides is 1. The van der Waals surface area contributed by atoms with Gasteiger partial charge in [0.1, 0.15) is 0 Å². The quantitative estimate of drug-likeness (QED) is 0.810. The molecule has 0 aromatic heterocycles. The molecule has 2 N–H and O–H groups in total. The Labute approximate surface area is 91.5 Å². The maximum Gasteiger partial charge on any atom is 0.248 e. The van der Waals surface area contributed by atoms with Gasteiger partial charge in [0.25, 0.3) is 0 Å². The fourth-order valence-corrected chi connectivity index (χ4v) is 1.36. The Morgan fingerprint density at radius 3 is 2.13 bits per heavy atom. The molecule has 0 spiro atoms. The smallest absolute Gasteiger partial charge is 0.248 e. The molecular weight excluding hydrogens is 186 g/mol. The van der Waals surface area contributed by atoms with Crippen LogP contribution in [0.15, 0.2) is 24.3 Å². The van der Waals surface area contributed by atoms with Crippen molar-refractivity contribution in [3.05, 3.63) is 35.4 Å². The van der Waals surface area contributed by atoms with Crippen molar-refractivity contribution in [3.63, 3.8) is 0 Å². The van der Waals surface area contributed by atoms with Crippen molar-refractivity contribution in [3.8, 4) is 0 Å². The highest BCUT2D eigenvalue weighted by Gasteiger charge is 2.09. The molecule has 1 amide bonds. The largest absolute Gasteiger partial charge is 0.366 e. The molecule has 0 aliphatic carbocycles. The van der Waals surface area contributed by atoms with Crippen LogP contribution in [0.5, 0.6) is 0 Å². The summed E-state index contributed by atoms with van der Waals surface area (Å²) in [6, 6.07) is 7.54. The number of rotatable bonds is 3. The first-order chi connectivity index (χ1) is 6.88. The maximum absolute atomic E-state index is 10.9. The summed E-state index contributed by atoms with van der Waals surface area (Å²) in [5.41, 5.74) is 7.36. The third-order valence-corrected chi connectivity index (χ3v) is 2.40. The lowest BCUT2D eigenvalue weighted by atomic mass is 9.88. The molecule has 0 fully saturated rings. The highest BCUT2D eigenvalue weighted by molar-refractivity contribution is 5.92. The highest BCUT2D eigenvalue weighted by atomic mass is 16.1. The first-order valence-electron chi connectivity index (χ1n) is 5.27. The molecule has 0 saturated heterocycles. The Morgan fingerprint density at radius 2 is 1.73 bits per heavy atom. The highest BCUT2D eigenvalue weighted by Crippen LogP contribution is 2.21. The summed E-state index contributed by atoms with van der Waals surface area (Å²) in [5, 5.41) is 0. The van der Waals surface area contributed by atoms with E-state index in [0.29, 0.717) is 11.0 Å². The number of nitrogens with two attached hydrogens (primary N) is 1. The standard InChI is InChI=1S/C13H19NO/c1-13(2,3)9-8-10-4-6-11(7-5-10)12(14)15/h4-7H,8-9H2,1-3H3,(H2,14,15). The van der Waals surface area contributed by atoms with Gasteiger partial charge in [0, 0.05) is 5.56 Å². The van der Waals surface area contributed by atoms with Crippen molar-refractivity contribution in [2.45, 2.75) is 33.6 Å². The van der Waals surface area contributed by atoms with Crippen LogP contribution >= 0.6 is 0 Å². The second-order valence-electron chi connectivity index (χ2n) is 5.12. The fraction of sp³-hybridized carbons (Fsp3) is 0.462. The Balaban J connectivity index is 2.61. The van der Waals surface area contributed by atoms with E-state index in [1.165, 1.54) is 5.56 Å². The van der Waals surface area contributed by atoms with Crippen molar-refractivity contribution in [2.75, 3.05) is 0 Å². The molecule has 0 aliphatic heterocycles. The molecule has 0 bridgehead atoms. The van der Waals surface area contributed by atoms with E-state index in [1.54, 1.807) is 12.1 Å². The molecule has 0 heterocycles. The zero-order chi connectivity index (χ0) is 11.5. The second-order valence-corrected chi connectivity index (χ2v) is 5.12. The second kappa shape index (κ2) is 4.47. The van der Waals surface area contributed by atoms with E-state index in [4.69, 9.17) is 5.73 Å². The number of aryl methyl sites for hydroxylation is 1. The SMILES string of the molecule is CC(C)(C)CCc1ccc(C(N)=O)cc1. The van der Waals surface area contributed by atoms with Crippen molar-refractivity contribution < 1.29 is 4.79 Å². The minimum atomic E-state index is -0.364. The van der Waals surface area contributed by atoms with Gasteiger partial charge in [-0.25, -0.2) is 0 Å². The molecule has 2 heteroatoms. The summed E-state index contributed by atoms with van der Waals surface area (Å²) in [6.07, 6.45) is 2.19. The lowest BCUT2D eigenvalue weighted by Gasteiger charge is -2.17. The zero-order valence-corrected chi connectivity index (χ0v) is 9.71. The Kier molecular flexibility index (Phi) is 3.51. The van der Waals surface area contributed by atoms with Crippen LogP contribution in [-0.4, -0.2) is 5.91 Å². The van der Waals surface area contributed by atoms with Gasteiger partial charge < -0.3 is 5.73 Å². The number of carbonyl (C=O) groups excluding carboxylic acids is 1. The van der Waals surface area contributed by atoms with Gasteiger partial charge in [0.05, 0.1) is 0 Å². The van der Waals surface area contributed by atoms with E-state index >= 15 is 0 Å². The molecule has 0 saturated carbocycles. The molecule has 2 nitrogen and oxygen atoms in total. The van der Waals surface area contributed by atoms with Gasteiger partial charge in [0.2, 0.25) is 5.91 Å². The fourth-order valence-electron chi connectivity index (χ4n) is 1.36. The molecule has 0 atom stereocenters. The first kappa shape index (κ1) is 11.8. The Bertz CT molecular complexity index is 333. The minimum Gasteiger partial charge on any atom is -0.366 e. The first-order valence-corrected chi connectivity index (χ1v) is 5.27. The maximum atomic E-state index is 10.9. The number of benzene rings is 1. The van der Waals surface area contributed by atoms with Gasteiger partial charge >= 0.3 is 0 Å².